The third-order valence-electron chi connectivity index (χ3n) is 3.02. The number of pyridine rings is 1. The predicted octanol–water partition coefficient (Wildman–Crippen LogP) is 1.71. The Bertz CT molecular complexity index is 908. The number of aliphatic imine (C=N–C) groups is 1. The Labute approximate surface area is 125 Å². The fraction of sp³-hybridized carbons (Fsp3) is 0.0769. The zero-order chi connectivity index (χ0) is 15.7. The monoisotopic (exact) mass is 319 g/mol. The number of hydrogen-bond donors (Lipinski definition) is 1. The smallest absolute Gasteiger partial charge is 0.238 e. The van der Waals surface area contributed by atoms with E-state index in [1.807, 2.05) is 0 Å². The molecule has 3 rings (SSSR count). The number of benzene rings is 1. The van der Waals surface area contributed by atoms with Gasteiger partial charge in [0.05, 0.1) is 11.1 Å². The van der Waals surface area contributed by atoms with E-state index in [4.69, 9.17) is 5.14 Å². The maximum absolute atomic E-state index is 13.4. The van der Waals surface area contributed by atoms with Crippen LogP contribution in [0.4, 0.5) is 4.39 Å². The molecule has 2 N–H and O–H groups in total. The quantitative estimate of drug-likeness (QED) is 0.929. The molecule has 1 aromatic carbocycles. The van der Waals surface area contributed by atoms with Crippen LogP contribution < -0.4 is 5.14 Å². The topological polar surface area (TPSA) is 110 Å². The Kier molecular flexibility index (Phi) is 3.51. The summed E-state index contributed by atoms with van der Waals surface area (Å²) in [5.41, 5.74) is 1.00. The van der Waals surface area contributed by atoms with Crippen LogP contribution in [0.2, 0.25) is 0 Å². The van der Waals surface area contributed by atoms with Gasteiger partial charge in [0.25, 0.3) is 0 Å². The summed E-state index contributed by atoms with van der Waals surface area (Å²) in [5, 5.41) is 12.8. The minimum absolute atomic E-state index is 0.106. The number of aromatic nitrogens is 1. The number of halogens is 1. The summed E-state index contributed by atoms with van der Waals surface area (Å²) in [6, 6.07) is 5.72. The highest BCUT2D eigenvalue weighted by Crippen LogP contribution is 2.30. The molecule has 9 heteroatoms. The second-order valence-electron chi connectivity index (χ2n) is 4.48. The van der Waals surface area contributed by atoms with Crippen molar-refractivity contribution in [2.24, 2.45) is 20.4 Å². The minimum atomic E-state index is -4.01. The molecule has 1 aliphatic heterocycles. The number of sulfonamides is 1. The lowest BCUT2D eigenvalue weighted by molar-refractivity contribution is 0.597. The number of hydrogen-bond acceptors (Lipinski definition) is 6. The summed E-state index contributed by atoms with van der Waals surface area (Å²) < 4.78 is 37.1. The van der Waals surface area contributed by atoms with Crippen molar-refractivity contribution in [3.05, 3.63) is 48.0 Å². The number of nitrogens with zero attached hydrogens (tertiary/aromatic N) is 4. The van der Waals surface area contributed by atoms with Gasteiger partial charge in [-0.1, -0.05) is 12.1 Å². The molecule has 2 aromatic rings. The van der Waals surface area contributed by atoms with Crippen molar-refractivity contribution < 1.29 is 12.8 Å². The van der Waals surface area contributed by atoms with Crippen molar-refractivity contribution in [1.29, 1.82) is 0 Å². The zero-order valence-corrected chi connectivity index (χ0v) is 12.0. The first-order valence-corrected chi connectivity index (χ1v) is 7.70. The van der Waals surface area contributed by atoms with Gasteiger partial charge in [-0.05, 0) is 17.7 Å². The van der Waals surface area contributed by atoms with Crippen LogP contribution in [0.15, 0.2) is 56.8 Å². The average Bonchev–Trinajstić information content (AvgIpc) is 2.99. The fourth-order valence-corrected chi connectivity index (χ4v) is 2.91. The maximum Gasteiger partial charge on any atom is 0.238 e. The van der Waals surface area contributed by atoms with Crippen LogP contribution in [0.1, 0.15) is 5.56 Å². The van der Waals surface area contributed by atoms with E-state index in [2.05, 4.69) is 20.2 Å². The summed E-state index contributed by atoms with van der Waals surface area (Å²) in [6.45, 7) is 0.106. The highest BCUT2D eigenvalue weighted by molar-refractivity contribution is 7.89. The second kappa shape index (κ2) is 5.35. The van der Waals surface area contributed by atoms with E-state index in [9.17, 15) is 12.8 Å². The third-order valence-corrected chi connectivity index (χ3v) is 3.97. The van der Waals surface area contributed by atoms with Gasteiger partial charge in [0.15, 0.2) is 12.5 Å². The van der Waals surface area contributed by atoms with Crippen LogP contribution in [0, 0.1) is 5.82 Å². The summed E-state index contributed by atoms with van der Waals surface area (Å²) in [7, 11) is -4.01. The number of primary sulfonamides is 1. The Morgan fingerprint density at radius 1 is 1.23 bits per heavy atom. The molecular weight excluding hydrogens is 309 g/mol. The molecule has 7 nitrogen and oxygen atoms in total. The molecule has 112 valence electrons. The predicted molar refractivity (Wildman–Crippen MR) is 77.3 cm³/mol. The summed E-state index contributed by atoms with van der Waals surface area (Å²) in [6.07, 6.45) is 2.47. The molecule has 0 fully saturated rings. The minimum Gasteiger partial charge on any atom is -0.261 e. The van der Waals surface area contributed by atoms with Crippen LogP contribution in [0.5, 0.6) is 0 Å². The molecule has 1 aliphatic rings. The normalized spacial score (nSPS) is 14.2. The summed E-state index contributed by atoms with van der Waals surface area (Å²) in [4.78, 5) is 7.66. The number of nitrogens with two attached hydrogens (primary N) is 1. The van der Waals surface area contributed by atoms with Crippen LogP contribution in [0.3, 0.4) is 0 Å². The van der Waals surface area contributed by atoms with Crippen molar-refractivity contribution in [3.63, 3.8) is 0 Å². The van der Waals surface area contributed by atoms with Crippen molar-refractivity contribution in [2.45, 2.75) is 4.90 Å². The van der Waals surface area contributed by atoms with Gasteiger partial charge >= 0.3 is 0 Å². The van der Waals surface area contributed by atoms with Gasteiger partial charge in [0.1, 0.15) is 5.82 Å². The van der Waals surface area contributed by atoms with Crippen molar-refractivity contribution >= 4 is 15.9 Å². The SMILES string of the molecule is NS(=O)(=O)c1cccc(-c2cncc(F)c2)c1C1=NCN=N1. The van der Waals surface area contributed by atoms with Gasteiger partial charge in [0.2, 0.25) is 10.0 Å². The Morgan fingerprint density at radius 3 is 2.68 bits per heavy atom. The Balaban J connectivity index is 2.33. The first kappa shape index (κ1) is 14.4. The van der Waals surface area contributed by atoms with Crippen LogP contribution in [0.25, 0.3) is 11.1 Å². The van der Waals surface area contributed by atoms with E-state index in [1.54, 1.807) is 6.07 Å². The van der Waals surface area contributed by atoms with Gasteiger partial charge < -0.3 is 0 Å². The molecule has 0 atom stereocenters. The molecule has 0 unspecified atom stereocenters. The average molecular weight is 319 g/mol. The van der Waals surface area contributed by atoms with Gasteiger partial charge in [-0.15, -0.1) is 5.11 Å². The van der Waals surface area contributed by atoms with Gasteiger partial charge in [0, 0.05) is 17.3 Å². The van der Waals surface area contributed by atoms with Crippen molar-refractivity contribution in [1.82, 2.24) is 4.98 Å². The van der Waals surface area contributed by atoms with Gasteiger partial charge in [-0.25, -0.2) is 22.9 Å². The molecule has 0 aliphatic carbocycles. The highest BCUT2D eigenvalue weighted by atomic mass is 32.2. The first-order valence-electron chi connectivity index (χ1n) is 6.16. The summed E-state index contributed by atoms with van der Waals surface area (Å²) >= 11 is 0. The molecular formula is C13H10FN5O2S. The Morgan fingerprint density at radius 2 is 2.05 bits per heavy atom. The van der Waals surface area contributed by atoms with E-state index < -0.39 is 15.8 Å². The molecule has 22 heavy (non-hydrogen) atoms. The Hall–Kier alpha value is -2.52. The van der Waals surface area contributed by atoms with Gasteiger partial charge in [-0.3, -0.25) is 4.98 Å². The summed E-state index contributed by atoms with van der Waals surface area (Å²) in [5.74, 6) is -0.400. The molecule has 0 radical (unpaired) electrons. The third kappa shape index (κ3) is 2.63. The lowest BCUT2D eigenvalue weighted by Crippen LogP contribution is -2.17. The van der Waals surface area contributed by atoms with Crippen molar-refractivity contribution in [3.8, 4) is 11.1 Å². The molecule has 2 heterocycles. The number of amidine groups is 1. The lowest BCUT2D eigenvalue weighted by Gasteiger charge is -2.12. The first-order chi connectivity index (χ1) is 10.5. The molecule has 0 spiro atoms. The second-order valence-corrected chi connectivity index (χ2v) is 6.01. The maximum atomic E-state index is 13.4. The largest absolute Gasteiger partial charge is 0.261 e. The van der Waals surface area contributed by atoms with Crippen LogP contribution in [-0.2, 0) is 10.0 Å². The molecule has 0 saturated carbocycles. The van der Waals surface area contributed by atoms with E-state index in [-0.39, 0.29) is 23.0 Å². The van der Waals surface area contributed by atoms with Crippen molar-refractivity contribution in [2.75, 3.05) is 6.67 Å². The van der Waals surface area contributed by atoms with E-state index in [0.29, 0.717) is 11.1 Å². The van der Waals surface area contributed by atoms with Crippen LogP contribution in [-0.4, -0.2) is 25.9 Å². The van der Waals surface area contributed by atoms with Crippen LogP contribution >= 0.6 is 0 Å². The lowest BCUT2D eigenvalue weighted by atomic mass is 10.0. The van der Waals surface area contributed by atoms with Gasteiger partial charge in [-0.2, -0.15) is 5.11 Å². The van der Waals surface area contributed by atoms with E-state index in [1.165, 1.54) is 24.4 Å². The number of azo groups is 1. The molecule has 0 amide bonds. The fourth-order valence-electron chi connectivity index (χ4n) is 2.16. The molecule has 1 aromatic heterocycles. The molecule has 0 saturated heterocycles. The number of rotatable bonds is 3. The highest BCUT2D eigenvalue weighted by Gasteiger charge is 2.23. The molecule has 0 bridgehead atoms. The van der Waals surface area contributed by atoms with E-state index >= 15 is 0 Å². The standard InChI is InChI=1S/C13H10FN5O2S/c14-9-4-8(5-16-6-9)10-2-1-3-11(22(15,20)21)12(10)13-17-7-18-19-13/h1-6H,7H2,(H2,15,20,21). The zero-order valence-electron chi connectivity index (χ0n) is 11.1. The van der Waals surface area contributed by atoms with E-state index in [0.717, 1.165) is 6.20 Å².